The predicted molar refractivity (Wildman–Crippen MR) is 146 cm³/mol. The SMILES string of the molecule is CNC(O)(CNc1cc(C(=O)N[C@@H](CC(=O)O)c2ccccc2C)nn1-c1ccccc1)C(C)(NC)NC. The van der Waals surface area contributed by atoms with Gasteiger partial charge in [-0.05, 0) is 58.3 Å². The van der Waals surface area contributed by atoms with E-state index in [1.807, 2.05) is 62.4 Å². The second-order valence-corrected chi connectivity index (χ2v) is 9.23. The molecule has 0 aliphatic heterocycles. The van der Waals surface area contributed by atoms with Gasteiger partial charge in [0.25, 0.3) is 5.91 Å². The first-order valence-electron chi connectivity index (χ1n) is 12.3. The molecule has 1 heterocycles. The van der Waals surface area contributed by atoms with Crippen LogP contribution in [0.15, 0.2) is 60.7 Å². The van der Waals surface area contributed by atoms with Gasteiger partial charge in [-0.2, -0.15) is 5.10 Å². The molecule has 1 unspecified atom stereocenters. The van der Waals surface area contributed by atoms with Gasteiger partial charge in [0.15, 0.2) is 11.4 Å². The number of rotatable bonds is 13. The summed E-state index contributed by atoms with van der Waals surface area (Å²) in [6, 6.07) is 17.4. The minimum atomic E-state index is -1.44. The number of hydrogen-bond acceptors (Lipinski definition) is 8. The van der Waals surface area contributed by atoms with E-state index in [9.17, 15) is 19.8 Å². The minimum absolute atomic E-state index is 0.0477. The first-order valence-corrected chi connectivity index (χ1v) is 12.3. The fraction of sp³-hybridized carbons (Fsp3) is 0.370. The molecule has 38 heavy (non-hydrogen) atoms. The van der Waals surface area contributed by atoms with Gasteiger partial charge >= 0.3 is 5.97 Å². The molecule has 0 radical (unpaired) electrons. The Morgan fingerprint density at radius 2 is 1.63 bits per heavy atom. The molecule has 3 aromatic rings. The van der Waals surface area contributed by atoms with Gasteiger partial charge < -0.3 is 20.8 Å². The zero-order valence-corrected chi connectivity index (χ0v) is 22.4. The average Bonchev–Trinajstić information content (AvgIpc) is 3.36. The quantitative estimate of drug-likeness (QED) is 0.166. The van der Waals surface area contributed by atoms with Gasteiger partial charge in [0.1, 0.15) is 11.5 Å². The van der Waals surface area contributed by atoms with Crippen molar-refractivity contribution in [3.63, 3.8) is 0 Å². The molecule has 2 atom stereocenters. The number of aliphatic carboxylic acids is 1. The molecule has 1 amide bonds. The van der Waals surface area contributed by atoms with E-state index < -0.39 is 29.3 Å². The summed E-state index contributed by atoms with van der Waals surface area (Å²) in [6.45, 7) is 3.73. The average molecular weight is 524 g/mol. The van der Waals surface area contributed by atoms with E-state index in [-0.39, 0.29) is 18.7 Å². The molecule has 7 N–H and O–H groups in total. The van der Waals surface area contributed by atoms with Crippen LogP contribution in [0.5, 0.6) is 0 Å². The molecule has 0 saturated carbocycles. The number of aliphatic hydroxyl groups is 1. The minimum Gasteiger partial charge on any atom is -0.481 e. The number of carboxylic acids is 1. The van der Waals surface area contributed by atoms with E-state index in [4.69, 9.17) is 0 Å². The van der Waals surface area contributed by atoms with E-state index >= 15 is 0 Å². The van der Waals surface area contributed by atoms with Crippen LogP contribution in [0, 0.1) is 6.92 Å². The van der Waals surface area contributed by atoms with Gasteiger partial charge in [0, 0.05) is 6.07 Å². The molecule has 3 rings (SSSR count). The largest absolute Gasteiger partial charge is 0.481 e. The normalized spacial score (nSPS) is 13.9. The van der Waals surface area contributed by atoms with Gasteiger partial charge in [-0.3, -0.25) is 25.5 Å². The first kappa shape index (κ1) is 28.8. The van der Waals surface area contributed by atoms with Crippen molar-refractivity contribution in [1.82, 2.24) is 31.0 Å². The van der Waals surface area contributed by atoms with Crippen LogP contribution in [-0.4, -0.2) is 70.9 Å². The standard InChI is InChI=1S/C27H37N7O4/c1-18-11-9-10-14-20(18)21(16-24(35)36)32-25(37)22-15-23(34(33-22)19-12-7-6-8-13-19)31-17-27(38,30-5)26(2,28-3)29-4/h6-15,21,28-31,38H,16-17H2,1-5H3,(H,32,37)(H,35,36)/t21-,27?/m0/s1. The Hall–Kier alpha value is -3.77. The summed E-state index contributed by atoms with van der Waals surface area (Å²) in [4.78, 5) is 24.9. The number of likely N-dealkylation sites (N-methyl/N-ethyl adjacent to an activating group) is 3. The van der Waals surface area contributed by atoms with Crippen LogP contribution in [0.4, 0.5) is 5.82 Å². The van der Waals surface area contributed by atoms with Crippen LogP contribution in [0.1, 0.15) is 41.0 Å². The van der Waals surface area contributed by atoms with Crippen molar-refractivity contribution in [3.8, 4) is 5.69 Å². The smallest absolute Gasteiger partial charge is 0.305 e. The van der Waals surface area contributed by atoms with Crippen LogP contribution in [-0.2, 0) is 4.79 Å². The second kappa shape index (κ2) is 12.2. The van der Waals surface area contributed by atoms with Gasteiger partial charge in [-0.1, -0.05) is 42.5 Å². The lowest BCUT2D eigenvalue weighted by molar-refractivity contribution is -0.137. The number of nitrogens with zero attached hydrogens (tertiary/aromatic N) is 2. The lowest BCUT2D eigenvalue weighted by Crippen LogP contribution is -2.74. The van der Waals surface area contributed by atoms with E-state index in [1.165, 1.54) is 0 Å². The topological polar surface area (TPSA) is 153 Å². The van der Waals surface area contributed by atoms with E-state index in [1.54, 1.807) is 38.0 Å². The summed E-state index contributed by atoms with van der Waals surface area (Å²) < 4.78 is 1.57. The molecule has 11 heteroatoms. The molecule has 1 aromatic heterocycles. The van der Waals surface area contributed by atoms with Crippen LogP contribution in [0.3, 0.4) is 0 Å². The maximum Gasteiger partial charge on any atom is 0.305 e. The Kier molecular flexibility index (Phi) is 9.23. The summed E-state index contributed by atoms with van der Waals surface area (Å²) in [5, 5.41) is 40.5. The highest BCUT2D eigenvalue weighted by atomic mass is 16.4. The molecule has 2 aromatic carbocycles. The van der Waals surface area contributed by atoms with E-state index in [0.717, 1.165) is 11.1 Å². The number of para-hydroxylation sites is 1. The van der Waals surface area contributed by atoms with Crippen molar-refractivity contribution in [2.45, 2.75) is 37.7 Å². The van der Waals surface area contributed by atoms with Crippen molar-refractivity contribution in [2.24, 2.45) is 0 Å². The van der Waals surface area contributed by atoms with Crippen molar-refractivity contribution >= 4 is 17.7 Å². The Bertz CT molecular complexity index is 1240. The molecule has 0 aliphatic rings. The number of aryl methyl sites for hydroxylation is 1. The summed E-state index contributed by atoms with van der Waals surface area (Å²) in [7, 11) is 5.12. The number of nitrogens with one attached hydrogen (secondary N) is 5. The van der Waals surface area contributed by atoms with E-state index in [0.29, 0.717) is 11.5 Å². The summed E-state index contributed by atoms with van der Waals surface area (Å²) in [5.74, 6) is -1.08. The number of anilines is 1. The molecule has 204 valence electrons. The number of amides is 1. The Labute approximate surface area is 222 Å². The number of benzene rings is 2. The Morgan fingerprint density at radius 3 is 2.21 bits per heavy atom. The monoisotopic (exact) mass is 523 g/mol. The van der Waals surface area contributed by atoms with E-state index in [2.05, 4.69) is 31.7 Å². The van der Waals surface area contributed by atoms with Crippen molar-refractivity contribution < 1.29 is 19.8 Å². The zero-order valence-electron chi connectivity index (χ0n) is 22.4. The highest BCUT2D eigenvalue weighted by molar-refractivity contribution is 5.93. The number of carbonyl (C=O) groups is 2. The highest BCUT2D eigenvalue weighted by Crippen LogP contribution is 2.24. The lowest BCUT2D eigenvalue weighted by Gasteiger charge is -2.44. The van der Waals surface area contributed by atoms with Gasteiger partial charge in [0.2, 0.25) is 0 Å². The third kappa shape index (κ3) is 6.20. The molecular formula is C27H37N7O4. The van der Waals surface area contributed by atoms with Crippen LogP contribution in [0.25, 0.3) is 5.69 Å². The summed E-state index contributed by atoms with van der Waals surface area (Å²) in [6.07, 6.45) is -0.275. The molecular weight excluding hydrogens is 486 g/mol. The molecule has 0 bridgehead atoms. The molecule has 0 saturated heterocycles. The van der Waals surface area contributed by atoms with Crippen molar-refractivity contribution in [1.29, 1.82) is 0 Å². The Morgan fingerprint density at radius 1 is 1.00 bits per heavy atom. The lowest BCUT2D eigenvalue weighted by atomic mass is 9.97. The summed E-state index contributed by atoms with van der Waals surface area (Å²) >= 11 is 0. The third-order valence-corrected chi connectivity index (χ3v) is 6.96. The summed E-state index contributed by atoms with van der Waals surface area (Å²) in [5.41, 5.74) is 0.0550. The van der Waals surface area contributed by atoms with Gasteiger partial charge in [-0.25, -0.2) is 4.68 Å². The third-order valence-electron chi connectivity index (χ3n) is 6.96. The van der Waals surface area contributed by atoms with Crippen molar-refractivity contribution in [3.05, 3.63) is 77.5 Å². The highest BCUT2D eigenvalue weighted by Gasteiger charge is 2.44. The molecule has 0 fully saturated rings. The fourth-order valence-corrected chi connectivity index (χ4v) is 4.28. The second-order valence-electron chi connectivity index (χ2n) is 9.23. The Balaban J connectivity index is 1.95. The van der Waals surface area contributed by atoms with Crippen molar-refractivity contribution in [2.75, 3.05) is 33.0 Å². The maximum absolute atomic E-state index is 13.3. The van der Waals surface area contributed by atoms with Gasteiger partial charge in [-0.15, -0.1) is 0 Å². The fourth-order valence-electron chi connectivity index (χ4n) is 4.28. The number of aromatic nitrogens is 2. The zero-order chi connectivity index (χ0) is 27.9. The number of carbonyl (C=O) groups excluding carboxylic acids is 1. The predicted octanol–water partition coefficient (Wildman–Crippen LogP) is 1.60. The van der Waals surface area contributed by atoms with Crippen LogP contribution in [0.2, 0.25) is 0 Å². The number of hydrogen-bond donors (Lipinski definition) is 7. The van der Waals surface area contributed by atoms with Crippen LogP contribution < -0.4 is 26.6 Å². The van der Waals surface area contributed by atoms with Crippen LogP contribution >= 0.6 is 0 Å². The van der Waals surface area contributed by atoms with Gasteiger partial charge in [0.05, 0.1) is 24.7 Å². The molecule has 0 spiro atoms. The molecule has 11 nitrogen and oxygen atoms in total. The maximum atomic E-state index is 13.3. The first-order chi connectivity index (χ1) is 18.1. The molecule has 0 aliphatic carbocycles. The number of carboxylic acid groups (broad SMARTS) is 1.